The third-order valence-corrected chi connectivity index (χ3v) is 5.03. The van der Waals surface area contributed by atoms with E-state index in [1.807, 2.05) is 57.3 Å². The second kappa shape index (κ2) is 7.31. The number of aryl methyl sites for hydroxylation is 2. The van der Waals surface area contributed by atoms with Crippen LogP contribution in [0.2, 0.25) is 0 Å². The van der Waals surface area contributed by atoms with Crippen LogP contribution < -0.4 is 9.30 Å². The monoisotopic (exact) mass is 371 g/mol. The van der Waals surface area contributed by atoms with Gasteiger partial charge < -0.3 is 9.84 Å². The maximum Gasteiger partial charge on any atom is 0.212 e. The fraction of sp³-hybridized carbons (Fsp3) is 0.167. The topological polar surface area (TPSA) is 46.2 Å². The predicted molar refractivity (Wildman–Crippen MR) is 113 cm³/mol. The summed E-state index contributed by atoms with van der Waals surface area (Å²) in [5.74, 6) is 1.09. The molecule has 0 amide bonds. The molecule has 4 rings (SSSR count). The van der Waals surface area contributed by atoms with Gasteiger partial charge in [0.15, 0.2) is 0 Å². The van der Waals surface area contributed by atoms with E-state index in [0.29, 0.717) is 12.1 Å². The molecule has 0 aliphatic carbocycles. The quantitative estimate of drug-likeness (QED) is 0.524. The molecule has 28 heavy (non-hydrogen) atoms. The van der Waals surface area contributed by atoms with Gasteiger partial charge in [-0.1, -0.05) is 6.07 Å². The van der Waals surface area contributed by atoms with Crippen LogP contribution in [0.25, 0.3) is 34.0 Å². The molecule has 0 aliphatic rings. The summed E-state index contributed by atoms with van der Waals surface area (Å²) in [7, 11) is 2.04. The molecule has 2 heterocycles. The number of aromatic nitrogens is 2. The molecule has 0 fully saturated rings. The Morgan fingerprint density at radius 1 is 1.11 bits per heavy atom. The highest BCUT2D eigenvalue weighted by Crippen LogP contribution is 2.31. The van der Waals surface area contributed by atoms with Crippen molar-refractivity contribution in [3.05, 3.63) is 71.5 Å². The number of pyridine rings is 2. The summed E-state index contributed by atoms with van der Waals surface area (Å²) in [6, 6.07) is 16.1. The van der Waals surface area contributed by atoms with Crippen LogP contribution in [0, 0.1) is 6.92 Å². The van der Waals surface area contributed by atoms with Gasteiger partial charge in [-0.25, -0.2) is 0 Å². The molecule has 0 atom stereocenters. The highest BCUT2D eigenvalue weighted by molar-refractivity contribution is 5.92. The van der Waals surface area contributed by atoms with Crippen LogP contribution in [0.15, 0.2) is 54.7 Å². The zero-order chi connectivity index (χ0) is 19.7. The van der Waals surface area contributed by atoms with Gasteiger partial charge in [0.25, 0.3) is 0 Å². The third kappa shape index (κ3) is 3.18. The Labute approximate surface area is 164 Å². The second-order valence-corrected chi connectivity index (χ2v) is 6.84. The number of aromatic hydroxyl groups is 1. The van der Waals surface area contributed by atoms with Crippen molar-refractivity contribution in [3.63, 3.8) is 0 Å². The van der Waals surface area contributed by atoms with E-state index in [1.165, 1.54) is 0 Å². The Morgan fingerprint density at radius 3 is 2.79 bits per heavy atom. The highest BCUT2D eigenvalue weighted by Gasteiger charge is 2.12. The van der Waals surface area contributed by atoms with Crippen molar-refractivity contribution in [3.8, 4) is 11.5 Å². The number of phenols is 1. The zero-order valence-electron chi connectivity index (χ0n) is 16.3. The van der Waals surface area contributed by atoms with Crippen LogP contribution in [0.4, 0.5) is 0 Å². The second-order valence-electron chi connectivity index (χ2n) is 6.84. The summed E-state index contributed by atoms with van der Waals surface area (Å²) in [6.45, 7) is 4.67. The lowest BCUT2D eigenvalue weighted by molar-refractivity contribution is -0.646. The maximum absolute atomic E-state index is 10.6. The minimum absolute atomic E-state index is 0.210. The Balaban J connectivity index is 1.75. The summed E-state index contributed by atoms with van der Waals surface area (Å²) >= 11 is 0. The third-order valence-electron chi connectivity index (χ3n) is 5.03. The van der Waals surface area contributed by atoms with Crippen molar-refractivity contribution in [2.75, 3.05) is 6.61 Å². The van der Waals surface area contributed by atoms with Gasteiger partial charge in [0, 0.05) is 35.4 Å². The number of hydrogen-bond donors (Lipinski definition) is 1. The van der Waals surface area contributed by atoms with Gasteiger partial charge >= 0.3 is 0 Å². The van der Waals surface area contributed by atoms with Crippen LogP contribution in [-0.2, 0) is 7.05 Å². The molecule has 0 aliphatic heterocycles. The van der Waals surface area contributed by atoms with Gasteiger partial charge in [0.1, 0.15) is 24.1 Å². The summed E-state index contributed by atoms with van der Waals surface area (Å²) < 4.78 is 7.72. The minimum Gasteiger partial charge on any atom is -0.505 e. The van der Waals surface area contributed by atoms with Crippen molar-refractivity contribution in [2.45, 2.75) is 13.8 Å². The highest BCUT2D eigenvalue weighted by atomic mass is 16.5. The standard InChI is InChI=1S/C24H22N2O2/c1-4-28-20-11-12-22-17(15-20)7-9-19(26(22)3)10-8-18-14-16(2)21-6-5-13-25-23(21)24(18)27/h5-15H,4H2,1-3H3/p+1. The molecule has 4 nitrogen and oxygen atoms in total. The largest absolute Gasteiger partial charge is 0.505 e. The average Bonchev–Trinajstić information content (AvgIpc) is 2.71. The van der Waals surface area contributed by atoms with Crippen LogP contribution >= 0.6 is 0 Å². The Morgan fingerprint density at radius 2 is 1.96 bits per heavy atom. The van der Waals surface area contributed by atoms with E-state index in [-0.39, 0.29) is 5.75 Å². The molecule has 4 heteroatoms. The lowest BCUT2D eigenvalue weighted by Crippen LogP contribution is -2.32. The molecule has 0 saturated carbocycles. The van der Waals surface area contributed by atoms with Crippen molar-refractivity contribution < 1.29 is 14.4 Å². The van der Waals surface area contributed by atoms with E-state index in [2.05, 4.69) is 33.8 Å². The van der Waals surface area contributed by atoms with E-state index in [0.717, 1.165) is 38.9 Å². The lowest BCUT2D eigenvalue weighted by atomic mass is 10.0. The van der Waals surface area contributed by atoms with Crippen LogP contribution in [0.1, 0.15) is 23.7 Å². The smallest absolute Gasteiger partial charge is 0.212 e. The number of benzene rings is 2. The molecule has 2 aromatic carbocycles. The Hall–Kier alpha value is -3.40. The van der Waals surface area contributed by atoms with Crippen molar-refractivity contribution in [1.82, 2.24) is 4.98 Å². The van der Waals surface area contributed by atoms with Gasteiger partial charge in [0.2, 0.25) is 11.2 Å². The molecule has 0 unspecified atom stereocenters. The molecule has 1 N–H and O–H groups in total. The molecular weight excluding hydrogens is 348 g/mol. The summed E-state index contributed by atoms with van der Waals surface area (Å²) in [4.78, 5) is 4.34. The lowest BCUT2D eigenvalue weighted by Gasteiger charge is -2.07. The summed E-state index contributed by atoms with van der Waals surface area (Å²) in [5, 5.41) is 12.7. The molecule has 0 saturated heterocycles. The van der Waals surface area contributed by atoms with Crippen molar-refractivity contribution in [2.24, 2.45) is 7.05 Å². The molecule has 0 spiro atoms. The SMILES string of the molecule is CCOc1ccc2c(ccc(C=Cc3cc(C)c4cccnc4c3O)[n+]2C)c1. The Kier molecular flexibility index (Phi) is 4.70. The van der Waals surface area contributed by atoms with Gasteiger partial charge in [-0.15, -0.1) is 0 Å². The van der Waals surface area contributed by atoms with Gasteiger partial charge in [-0.3, -0.25) is 4.98 Å². The molecule has 4 aromatic rings. The summed E-state index contributed by atoms with van der Waals surface area (Å²) in [5.41, 5.74) is 4.64. The predicted octanol–water partition coefficient (Wildman–Crippen LogP) is 4.80. The van der Waals surface area contributed by atoms with E-state index >= 15 is 0 Å². The van der Waals surface area contributed by atoms with Crippen LogP contribution in [0.5, 0.6) is 11.5 Å². The number of phenolic OH excluding ortho intramolecular Hbond substituents is 1. The number of ether oxygens (including phenoxy) is 1. The molecule has 0 bridgehead atoms. The van der Waals surface area contributed by atoms with E-state index in [4.69, 9.17) is 4.74 Å². The zero-order valence-corrected chi connectivity index (χ0v) is 16.3. The Bertz CT molecular complexity index is 1210. The number of fused-ring (bicyclic) bond motifs is 2. The average molecular weight is 371 g/mol. The normalized spacial score (nSPS) is 11.5. The van der Waals surface area contributed by atoms with Gasteiger partial charge in [-0.05, 0) is 55.8 Å². The first kappa shape index (κ1) is 18.0. The van der Waals surface area contributed by atoms with E-state index in [1.54, 1.807) is 6.20 Å². The molecule has 2 aromatic heterocycles. The fourth-order valence-corrected chi connectivity index (χ4v) is 3.55. The van der Waals surface area contributed by atoms with E-state index in [9.17, 15) is 5.11 Å². The van der Waals surface area contributed by atoms with Crippen LogP contribution in [-0.4, -0.2) is 16.7 Å². The first-order chi connectivity index (χ1) is 13.6. The van der Waals surface area contributed by atoms with Gasteiger partial charge in [0.05, 0.1) is 12.0 Å². The number of rotatable bonds is 4. The number of nitrogens with zero attached hydrogens (tertiary/aromatic N) is 2. The molecule has 140 valence electrons. The van der Waals surface area contributed by atoms with Crippen molar-refractivity contribution in [1.29, 1.82) is 0 Å². The first-order valence-corrected chi connectivity index (χ1v) is 9.39. The van der Waals surface area contributed by atoms with Crippen molar-refractivity contribution >= 4 is 34.0 Å². The maximum atomic E-state index is 10.6. The minimum atomic E-state index is 0.210. The van der Waals surface area contributed by atoms with E-state index < -0.39 is 0 Å². The first-order valence-electron chi connectivity index (χ1n) is 9.39. The summed E-state index contributed by atoms with van der Waals surface area (Å²) in [6.07, 6.45) is 5.65. The molecular formula is C24H23N2O2+. The van der Waals surface area contributed by atoms with Gasteiger partial charge in [-0.2, -0.15) is 4.57 Å². The van der Waals surface area contributed by atoms with Crippen LogP contribution in [0.3, 0.4) is 0 Å². The fourth-order valence-electron chi connectivity index (χ4n) is 3.55. The number of hydrogen-bond acceptors (Lipinski definition) is 3. The molecule has 0 radical (unpaired) electrons.